The van der Waals surface area contributed by atoms with Gasteiger partial charge in [-0.2, -0.15) is 0 Å². The molecule has 1 atom stereocenters. The van der Waals surface area contributed by atoms with Gasteiger partial charge in [-0.25, -0.2) is 4.39 Å². The SMILES string of the molecule is CC(=O)Nc1sc2c(c1C(c1ccc(F)cc1)N1CCN(Cc3ccccc3)CC1)CCCC2. The number of benzene rings is 2. The fraction of sp³-hybridized carbons (Fsp3) is 0.393. The molecule has 4 nitrogen and oxygen atoms in total. The number of anilines is 1. The molecule has 2 aromatic carbocycles. The topological polar surface area (TPSA) is 35.6 Å². The first-order chi connectivity index (χ1) is 16.6. The summed E-state index contributed by atoms with van der Waals surface area (Å²) in [6.07, 6.45) is 4.50. The van der Waals surface area contributed by atoms with E-state index in [9.17, 15) is 9.18 Å². The van der Waals surface area contributed by atoms with Crippen molar-refractivity contribution in [1.82, 2.24) is 9.80 Å². The number of thiophene rings is 1. The molecule has 178 valence electrons. The third kappa shape index (κ3) is 5.09. The second kappa shape index (κ2) is 10.4. The number of fused-ring (bicyclic) bond motifs is 1. The Morgan fingerprint density at radius 3 is 2.41 bits per heavy atom. The standard InChI is InChI=1S/C28H32FN3OS/c1-20(33)30-28-26(24-9-5-6-10-25(24)34-28)27(22-11-13-23(29)14-12-22)32-17-15-31(16-18-32)19-21-7-3-2-4-8-21/h2-4,7-8,11-14,27H,5-6,9-10,15-19H2,1H3,(H,30,33). The first-order valence-electron chi connectivity index (χ1n) is 12.3. The van der Waals surface area contributed by atoms with Gasteiger partial charge in [0.2, 0.25) is 5.91 Å². The average Bonchev–Trinajstić information content (AvgIpc) is 3.19. The van der Waals surface area contributed by atoms with E-state index in [-0.39, 0.29) is 17.8 Å². The minimum Gasteiger partial charge on any atom is -0.318 e. The van der Waals surface area contributed by atoms with Crippen molar-refractivity contribution < 1.29 is 9.18 Å². The average molecular weight is 478 g/mol. The highest BCUT2D eigenvalue weighted by atomic mass is 32.1. The Balaban J connectivity index is 1.46. The van der Waals surface area contributed by atoms with Crippen LogP contribution in [0, 0.1) is 5.82 Å². The third-order valence-electron chi connectivity index (χ3n) is 6.98. The van der Waals surface area contributed by atoms with E-state index in [1.807, 2.05) is 12.1 Å². The molecule has 34 heavy (non-hydrogen) atoms. The van der Waals surface area contributed by atoms with Crippen LogP contribution < -0.4 is 5.32 Å². The molecule has 1 aliphatic heterocycles. The van der Waals surface area contributed by atoms with Crippen LogP contribution in [0.2, 0.25) is 0 Å². The van der Waals surface area contributed by atoms with Gasteiger partial charge >= 0.3 is 0 Å². The van der Waals surface area contributed by atoms with Crippen LogP contribution in [0.25, 0.3) is 0 Å². The maximum absolute atomic E-state index is 13.8. The van der Waals surface area contributed by atoms with Gasteiger partial charge in [-0.05, 0) is 54.5 Å². The molecule has 1 aromatic heterocycles. The van der Waals surface area contributed by atoms with Crippen molar-refractivity contribution in [1.29, 1.82) is 0 Å². The molecule has 3 aromatic rings. The van der Waals surface area contributed by atoms with Crippen LogP contribution >= 0.6 is 11.3 Å². The highest BCUT2D eigenvalue weighted by molar-refractivity contribution is 7.16. The van der Waals surface area contributed by atoms with Crippen molar-refractivity contribution in [2.75, 3.05) is 31.5 Å². The maximum Gasteiger partial charge on any atom is 0.221 e. The van der Waals surface area contributed by atoms with Crippen LogP contribution in [-0.4, -0.2) is 41.9 Å². The quantitative estimate of drug-likeness (QED) is 0.500. The Labute approximate surface area is 205 Å². The zero-order valence-electron chi connectivity index (χ0n) is 19.7. The number of amides is 1. The summed E-state index contributed by atoms with van der Waals surface area (Å²) >= 11 is 1.74. The van der Waals surface area contributed by atoms with Gasteiger partial charge < -0.3 is 5.32 Å². The van der Waals surface area contributed by atoms with Gasteiger partial charge in [-0.3, -0.25) is 14.6 Å². The number of hydrogen-bond acceptors (Lipinski definition) is 4. The van der Waals surface area contributed by atoms with Crippen molar-refractivity contribution in [3.63, 3.8) is 0 Å². The summed E-state index contributed by atoms with van der Waals surface area (Å²) < 4.78 is 13.8. The Kier molecular flexibility index (Phi) is 7.09. The number of piperazine rings is 1. The van der Waals surface area contributed by atoms with Crippen molar-refractivity contribution in [2.24, 2.45) is 0 Å². The van der Waals surface area contributed by atoms with Crippen molar-refractivity contribution in [3.8, 4) is 0 Å². The summed E-state index contributed by atoms with van der Waals surface area (Å²) in [6, 6.07) is 17.6. The van der Waals surface area contributed by atoms with E-state index < -0.39 is 0 Å². The number of carbonyl (C=O) groups excluding carboxylic acids is 1. The third-order valence-corrected chi connectivity index (χ3v) is 8.21. The predicted molar refractivity (Wildman–Crippen MR) is 137 cm³/mol. The second-order valence-corrected chi connectivity index (χ2v) is 10.5. The largest absolute Gasteiger partial charge is 0.318 e. The van der Waals surface area contributed by atoms with Gasteiger partial charge in [0, 0.05) is 50.1 Å². The lowest BCUT2D eigenvalue weighted by molar-refractivity contribution is -0.114. The van der Waals surface area contributed by atoms with E-state index in [1.165, 1.54) is 34.4 Å². The van der Waals surface area contributed by atoms with Crippen LogP contribution in [0.3, 0.4) is 0 Å². The summed E-state index contributed by atoms with van der Waals surface area (Å²) in [4.78, 5) is 18.5. The van der Waals surface area contributed by atoms with Gasteiger partial charge in [-0.1, -0.05) is 42.5 Å². The minimum atomic E-state index is -0.218. The molecule has 1 amide bonds. The van der Waals surface area contributed by atoms with E-state index in [0.29, 0.717) is 0 Å². The van der Waals surface area contributed by atoms with Crippen LogP contribution in [0.5, 0.6) is 0 Å². The number of hydrogen-bond donors (Lipinski definition) is 1. The van der Waals surface area contributed by atoms with E-state index in [2.05, 4.69) is 45.4 Å². The molecule has 1 fully saturated rings. The number of halogens is 1. The Bertz CT molecular complexity index is 1120. The van der Waals surface area contributed by atoms with Crippen LogP contribution in [0.4, 0.5) is 9.39 Å². The van der Waals surface area contributed by atoms with Gasteiger partial charge in [0.1, 0.15) is 10.8 Å². The highest BCUT2D eigenvalue weighted by Gasteiger charge is 2.33. The maximum atomic E-state index is 13.8. The fourth-order valence-electron chi connectivity index (χ4n) is 5.36. The molecule has 0 bridgehead atoms. The monoisotopic (exact) mass is 477 g/mol. The zero-order valence-corrected chi connectivity index (χ0v) is 20.5. The van der Waals surface area contributed by atoms with E-state index >= 15 is 0 Å². The summed E-state index contributed by atoms with van der Waals surface area (Å²) in [7, 11) is 0. The number of carbonyl (C=O) groups is 1. The second-order valence-electron chi connectivity index (χ2n) is 9.39. The lowest BCUT2D eigenvalue weighted by Gasteiger charge is -2.40. The first-order valence-corrected chi connectivity index (χ1v) is 13.1. The zero-order chi connectivity index (χ0) is 23.5. The number of nitrogens with zero attached hydrogens (tertiary/aromatic N) is 2. The molecule has 2 heterocycles. The molecule has 5 rings (SSSR count). The molecule has 1 aliphatic carbocycles. The van der Waals surface area contributed by atoms with E-state index in [0.717, 1.165) is 56.1 Å². The van der Waals surface area contributed by atoms with Crippen LogP contribution in [-0.2, 0) is 24.2 Å². The van der Waals surface area contributed by atoms with E-state index in [1.54, 1.807) is 30.4 Å². The first kappa shape index (κ1) is 23.2. The normalized spacial score (nSPS) is 17.8. The summed E-state index contributed by atoms with van der Waals surface area (Å²) in [5.41, 5.74) is 5.07. The lowest BCUT2D eigenvalue weighted by Crippen LogP contribution is -2.47. The number of aryl methyl sites for hydroxylation is 1. The van der Waals surface area contributed by atoms with Crippen molar-refractivity contribution in [2.45, 2.75) is 45.2 Å². The molecule has 6 heteroatoms. The lowest BCUT2D eigenvalue weighted by atomic mass is 9.88. The van der Waals surface area contributed by atoms with Gasteiger partial charge in [-0.15, -0.1) is 11.3 Å². The van der Waals surface area contributed by atoms with E-state index in [4.69, 9.17) is 0 Å². The Hall–Kier alpha value is -2.54. The molecule has 1 saturated heterocycles. The summed E-state index contributed by atoms with van der Waals surface area (Å²) in [5, 5.41) is 4.11. The fourth-order valence-corrected chi connectivity index (χ4v) is 6.73. The Morgan fingerprint density at radius 2 is 1.71 bits per heavy atom. The van der Waals surface area contributed by atoms with Crippen molar-refractivity contribution in [3.05, 3.63) is 87.5 Å². The van der Waals surface area contributed by atoms with Crippen molar-refractivity contribution >= 4 is 22.2 Å². The molecule has 0 radical (unpaired) electrons. The summed E-state index contributed by atoms with van der Waals surface area (Å²) in [5.74, 6) is -0.255. The number of nitrogens with one attached hydrogen (secondary N) is 1. The smallest absolute Gasteiger partial charge is 0.221 e. The molecular formula is C28H32FN3OS. The van der Waals surface area contributed by atoms with Gasteiger partial charge in [0.05, 0.1) is 6.04 Å². The highest BCUT2D eigenvalue weighted by Crippen LogP contribution is 2.45. The molecule has 2 aliphatic rings. The molecule has 1 unspecified atom stereocenters. The van der Waals surface area contributed by atoms with Crippen LogP contribution in [0.15, 0.2) is 54.6 Å². The predicted octanol–water partition coefficient (Wildman–Crippen LogP) is 5.63. The van der Waals surface area contributed by atoms with Gasteiger partial charge in [0.25, 0.3) is 0 Å². The number of rotatable bonds is 6. The minimum absolute atomic E-state index is 0.0134. The molecule has 0 saturated carbocycles. The molecule has 1 N–H and O–H groups in total. The molecule has 0 spiro atoms. The van der Waals surface area contributed by atoms with Crippen LogP contribution in [0.1, 0.15) is 52.9 Å². The van der Waals surface area contributed by atoms with Gasteiger partial charge in [0.15, 0.2) is 0 Å². The molecular weight excluding hydrogens is 445 g/mol. The Morgan fingerprint density at radius 1 is 1.00 bits per heavy atom. The summed E-state index contributed by atoms with van der Waals surface area (Å²) in [6.45, 7) is 6.36.